The molecule has 1 unspecified atom stereocenters. The van der Waals surface area contributed by atoms with Crippen LogP contribution in [0.1, 0.15) is 37.1 Å². The first kappa shape index (κ1) is 14.7. The number of carbonyl (C=O) groups is 1. The molecule has 0 bridgehead atoms. The molecule has 0 aliphatic carbocycles. The molecular formula is C13H22N2O3. The molecule has 1 amide bonds. The van der Waals surface area contributed by atoms with Crippen molar-refractivity contribution >= 4 is 5.91 Å². The van der Waals surface area contributed by atoms with Gasteiger partial charge in [-0.15, -0.1) is 0 Å². The summed E-state index contributed by atoms with van der Waals surface area (Å²) >= 11 is 0. The number of hydrogen-bond donors (Lipinski definition) is 2. The largest absolute Gasteiger partial charge is 0.455 e. The number of furan rings is 1. The van der Waals surface area contributed by atoms with Crippen molar-refractivity contribution in [2.75, 3.05) is 13.2 Å². The van der Waals surface area contributed by atoms with Crippen LogP contribution in [0.2, 0.25) is 0 Å². The minimum absolute atomic E-state index is 0.0242. The van der Waals surface area contributed by atoms with E-state index in [2.05, 4.69) is 5.32 Å². The van der Waals surface area contributed by atoms with Gasteiger partial charge >= 0.3 is 0 Å². The van der Waals surface area contributed by atoms with Crippen LogP contribution in [0.3, 0.4) is 0 Å². The molecule has 102 valence electrons. The van der Waals surface area contributed by atoms with Gasteiger partial charge in [0, 0.05) is 6.61 Å². The Kier molecular flexibility index (Phi) is 5.88. The molecule has 0 aliphatic heterocycles. The highest BCUT2D eigenvalue weighted by Crippen LogP contribution is 2.09. The number of rotatable bonds is 7. The van der Waals surface area contributed by atoms with Crippen LogP contribution < -0.4 is 11.1 Å². The van der Waals surface area contributed by atoms with Crippen LogP contribution in [0, 0.1) is 5.92 Å². The van der Waals surface area contributed by atoms with Crippen molar-refractivity contribution in [1.29, 1.82) is 0 Å². The zero-order valence-electron chi connectivity index (χ0n) is 11.2. The molecule has 3 N–H and O–H groups in total. The van der Waals surface area contributed by atoms with Crippen molar-refractivity contribution in [3.05, 3.63) is 23.7 Å². The number of carbonyl (C=O) groups excluding carboxylic acids is 1. The van der Waals surface area contributed by atoms with Gasteiger partial charge in [0.15, 0.2) is 5.76 Å². The Labute approximate surface area is 108 Å². The summed E-state index contributed by atoms with van der Waals surface area (Å²) in [5.41, 5.74) is 5.43. The highest BCUT2D eigenvalue weighted by atomic mass is 16.5. The number of nitrogens with two attached hydrogens (primary N) is 1. The van der Waals surface area contributed by atoms with E-state index in [-0.39, 0.29) is 17.7 Å². The summed E-state index contributed by atoms with van der Waals surface area (Å²) < 4.78 is 10.7. The maximum absolute atomic E-state index is 12.0. The van der Waals surface area contributed by atoms with Crippen LogP contribution in [0.15, 0.2) is 16.5 Å². The first-order valence-corrected chi connectivity index (χ1v) is 6.25. The Hall–Kier alpha value is -1.33. The number of ether oxygens (including phenoxy) is 1. The molecule has 0 saturated heterocycles. The zero-order valence-corrected chi connectivity index (χ0v) is 11.2. The van der Waals surface area contributed by atoms with Gasteiger partial charge in [0.25, 0.3) is 5.91 Å². The topological polar surface area (TPSA) is 77.5 Å². The predicted molar refractivity (Wildman–Crippen MR) is 69.2 cm³/mol. The van der Waals surface area contributed by atoms with Gasteiger partial charge in [-0.1, -0.05) is 13.8 Å². The van der Waals surface area contributed by atoms with E-state index in [0.29, 0.717) is 31.4 Å². The van der Waals surface area contributed by atoms with E-state index in [1.165, 1.54) is 0 Å². The second-order valence-corrected chi connectivity index (χ2v) is 4.45. The molecule has 1 aromatic rings. The monoisotopic (exact) mass is 254 g/mol. The minimum atomic E-state index is -0.229. The fourth-order valence-electron chi connectivity index (χ4n) is 1.49. The van der Waals surface area contributed by atoms with E-state index in [0.717, 1.165) is 0 Å². The van der Waals surface area contributed by atoms with Crippen LogP contribution in [0.4, 0.5) is 0 Å². The van der Waals surface area contributed by atoms with Crippen molar-refractivity contribution in [1.82, 2.24) is 5.32 Å². The van der Waals surface area contributed by atoms with E-state index >= 15 is 0 Å². The highest BCUT2D eigenvalue weighted by Gasteiger charge is 2.19. The average molecular weight is 254 g/mol. The lowest BCUT2D eigenvalue weighted by Gasteiger charge is -2.21. The first-order chi connectivity index (χ1) is 8.58. The molecule has 1 heterocycles. The molecule has 5 heteroatoms. The highest BCUT2D eigenvalue weighted by molar-refractivity contribution is 5.91. The second kappa shape index (κ2) is 7.18. The van der Waals surface area contributed by atoms with E-state index in [9.17, 15) is 4.79 Å². The summed E-state index contributed by atoms with van der Waals surface area (Å²) in [5, 5.41) is 2.91. The molecule has 1 aromatic heterocycles. The van der Waals surface area contributed by atoms with Gasteiger partial charge in [-0.25, -0.2) is 0 Å². The van der Waals surface area contributed by atoms with Crippen LogP contribution in [0.25, 0.3) is 0 Å². The quantitative estimate of drug-likeness (QED) is 0.773. The number of hydrogen-bond acceptors (Lipinski definition) is 4. The average Bonchev–Trinajstić information content (AvgIpc) is 2.82. The van der Waals surface area contributed by atoms with Gasteiger partial charge < -0.3 is 20.2 Å². The number of amides is 1. The summed E-state index contributed by atoms with van der Waals surface area (Å²) in [6.07, 6.45) is 0. The summed E-state index contributed by atoms with van der Waals surface area (Å²) in [5.74, 6) is 0.959. The van der Waals surface area contributed by atoms with Gasteiger partial charge in [-0.05, 0) is 25.0 Å². The molecule has 1 rings (SSSR count). The molecule has 0 saturated carbocycles. The molecule has 18 heavy (non-hydrogen) atoms. The molecule has 0 radical (unpaired) electrons. The molecule has 0 fully saturated rings. The lowest BCUT2D eigenvalue weighted by molar-refractivity contribution is 0.0782. The summed E-state index contributed by atoms with van der Waals surface area (Å²) in [4.78, 5) is 12.0. The van der Waals surface area contributed by atoms with Crippen molar-refractivity contribution in [2.24, 2.45) is 11.7 Å². The maximum atomic E-state index is 12.0. The van der Waals surface area contributed by atoms with E-state index in [1.54, 1.807) is 12.1 Å². The molecule has 1 atom stereocenters. The van der Waals surface area contributed by atoms with Crippen molar-refractivity contribution in [3.63, 3.8) is 0 Å². The van der Waals surface area contributed by atoms with Crippen molar-refractivity contribution in [2.45, 2.75) is 33.4 Å². The van der Waals surface area contributed by atoms with Crippen LogP contribution in [-0.2, 0) is 11.3 Å². The third kappa shape index (κ3) is 4.16. The molecule has 0 aromatic carbocycles. The third-order valence-electron chi connectivity index (χ3n) is 2.71. The standard InChI is InChI=1S/C13H22N2O3/c1-4-17-8-11(9(2)3)15-13(16)12-6-5-10(7-14)18-12/h5-6,9,11H,4,7-8,14H2,1-3H3,(H,15,16). The smallest absolute Gasteiger partial charge is 0.287 e. The molecular weight excluding hydrogens is 232 g/mol. The zero-order chi connectivity index (χ0) is 13.5. The Bertz CT molecular complexity index is 374. The Morgan fingerprint density at radius 3 is 2.72 bits per heavy atom. The Balaban J connectivity index is 2.60. The summed E-state index contributed by atoms with van der Waals surface area (Å²) in [7, 11) is 0. The fourth-order valence-corrected chi connectivity index (χ4v) is 1.49. The molecule has 0 spiro atoms. The third-order valence-corrected chi connectivity index (χ3v) is 2.71. The van der Waals surface area contributed by atoms with Gasteiger partial charge in [0.1, 0.15) is 5.76 Å². The van der Waals surface area contributed by atoms with Gasteiger partial charge in [0.2, 0.25) is 0 Å². The van der Waals surface area contributed by atoms with E-state index < -0.39 is 0 Å². The van der Waals surface area contributed by atoms with Crippen LogP contribution in [-0.4, -0.2) is 25.2 Å². The van der Waals surface area contributed by atoms with Crippen molar-refractivity contribution in [3.8, 4) is 0 Å². The lowest BCUT2D eigenvalue weighted by Crippen LogP contribution is -2.41. The fraction of sp³-hybridized carbons (Fsp3) is 0.615. The van der Waals surface area contributed by atoms with Crippen LogP contribution >= 0.6 is 0 Å². The van der Waals surface area contributed by atoms with E-state index in [1.807, 2.05) is 20.8 Å². The van der Waals surface area contributed by atoms with Gasteiger partial charge in [0.05, 0.1) is 19.2 Å². The first-order valence-electron chi connectivity index (χ1n) is 6.25. The lowest BCUT2D eigenvalue weighted by atomic mass is 10.1. The maximum Gasteiger partial charge on any atom is 0.287 e. The van der Waals surface area contributed by atoms with Crippen LogP contribution in [0.5, 0.6) is 0 Å². The molecule has 0 aliphatic rings. The predicted octanol–water partition coefficient (Wildman–Crippen LogP) is 1.53. The second-order valence-electron chi connectivity index (χ2n) is 4.45. The minimum Gasteiger partial charge on any atom is -0.455 e. The van der Waals surface area contributed by atoms with E-state index in [4.69, 9.17) is 14.9 Å². The van der Waals surface area contributed by atoms with Crippen molar-refractivity contribution < 1.29 is 13.9 Å². The van der Waals surface area contributed by atoms with Gasteiger partial charge in [-0.3, -0.25) is 4.79 Å². The normalized spacial score (nSPS) is 12.7. The van der Waals surface area contributed by atoms with Gasteiger partial charge in [-0.2, -0.15) is 0 Å². The SMILES string of the molecule is CCOCC(NC(=O)c1ccc(CN)o1)C(C)C. The summed E-state index contributed by atoms with van der Waals surface area (Å²) in [6.45, 7) is 7.44. The Morgan fingerprint density at radius 2 is 2.22 bits per heavy atom. The number of nitrogens with one attached hydrogen (secondary N) is 1. The summed E-state index contributed by atoms with van der Waals surface area (Å²) in [6, 6.07) is 3.32. The molecule has 5 nitrogen and oxygen atoms in total. The Morgan fingerprint density at radius 1 is 1.50 bits per heavy atom.